The van der Waals surface area contributed by atoms with Crippen LogP contribution in [0.15, 0.2) is 23.1 Å². The van der Waals surface area contributed by atoms with Crippen molar-refractivity contribution in [3.8, 4) is 5.88 Å². The fourth-order valence-electron chi connectivity index (χ4n) is 2.87. The molecule has 0 radical (unpaired) electrons. The summed E-state index contributed by atoms with van der Waals surface area (Å²) in [5, 5.41) is 8.60. The quantitative estimate of drug-likeness (QED) is 0.606. The number of aromatic nitrogens is 2. The summed E-state index contributed by atoms with van der Waals surface area (Å²) < 4.78 is 33.9. The molecule has 0 aliphatic rings. The molecule has 2 aromatic heterocycles. The van der Waals surface area contributed by atoms with Crippen LogP contribution < -0.4 is 15.2 Å². The first-order valence-corrected chi connectivity index (χ1v) is 10.8. The molecule has 0 atom stereocenters. The van der Waals surface area contributed by atoms with Gasteiger partial charge in [-0.2, -0.15) is 4.98 Å². The lowest BCUT2D eigenvalue weighted by molar-refractivity contribution is 0.103. The fraction of sp³-hybridized carbons (Fsp3) is 0.278. The van der Waals surface area contributed by atoms with Gasteiger partial charge in [-0.05, 0) is 37.1 Å². The lowest BCUT2D eigenvalue weighted by Gasteiger charge is -2.09. The van der Waals surface area contributed by atoms with Crippen LogP contribution in [0.1, 0.15) is 26.6 Å². The second kappa shape index (κ2) is 8.03. The first kappa shape index (κ1) is 21.1. The fourth-order valence-corrected chi connectivity index (χ4v) is 4.77. The lowest BCUT2D eigenvalue weighted by atomic mass is 10.2. The molecule has 0 fully saturated rings. The molecule has 2 heterocycles. The Hall–Kier alpha value is -2.60. The molecule has 0 unspecified atom stereocenters. The maximum Gasteiger partial charge on any atom is 0.266 e. The molecule has 11 heteroatoms. The molecule has 0 spiro atoms. The number of ether oxygens (including phenoxy) is 2. The van der Waals surface area contributed by atoms with Gasteiger partial charge in [-0.1, -0.05) is 6.07 Å². The number of hydrogen-bond donors (Lipinski definition) is 2. The van der Waals surface area contributed by atoms with Crippen LogP contribution in [0.2, 0.25) is 0 Å². The molecule has 0 bridgehead atoms. The van der Waals surface area contributed by atoms with Crippen molar-refractivity contribution in [1.82, 2.24) is 9.97 Å². The number of aryl methyl sites for hydroxylation is 2. The zero-order valence-electron chi connectivity index (χ0n) is 16.3. The number of anilines is 1. The monoisotopic (exact) mass is 436 g/mol. The van der Waals surface area contributed by atoms with Crippen molar-refractivity contribution in [2.24, 2.45) is 5.14 Å². The third kappa shape index (κ3) is 4.22. The van der Waals surface area contributed by atoms with Gasteiger partial charge >= 0.3 is 0 Å². The van der Waals surface area contributed by atoms with Gasteiger partial charge in [-0.15, -0.1) is 11.3 Å². The summed E-state index contributed by atoms with van der Waals surface area (Å²) in [6.45, 7) is 3.62. The summed E-state index contributed by atoms with van der Waals surface area (Å²) in [5.74, 6) is 0.410. The summed E-state index contributed by atoms with van der Waals surface area (Å²) in [5.41, 5.74) is 1.48. The number of carbonyl (C=O) groups is 1. The number of amides is 1. The normalized spacial score (nSPS) is 11.6. The first-order chi connectivity index (χ1) is 13.7. The summed E-state index contributed by atoms with van der Waals surface area (Å²) >= 11 is 1.19. The van der Waals surface area contributed by atoms with Crippen molar-refractivity contribution in [3.05, 3.63) is 40.0 Å². The van der Waals surface area contributed by atoms with Gasteiger partial charge in [0.1, 0.15) is 11.4 Å². The van der Waals surface area contributed by atoms with Gasteiger partial charge in [0.15, 0.2) is 5.82 Å². The molecular formula is C18H20N4O5S2. The van der Waals surface area contributed by atoms with Gasteiger partial charge in [0, 0.05) is 12.8 Å². The average Bonchev–Trinajstić information content (AvgIpc) is 2.99. The molecular weight excluding hydrogens is 416 g/mol. The number of hydrogen-bond acceptors (Lipinski definition) is 8. The largest absolute Gasteiger partial charge is 0.480 e. The van der Waals surface area contributed by atoms with E-state index >= 15 is 0 Å². The zero-order chi connectivity index (χ0) is 21.3. The SMILES string of the molecule is COCc1nc(OC)c2c(C)c(C(=O)Nc3ccc(C)c(S(N)(=O)=O)c3)sc2n1. The Morgan fingerprint density at radius 3 is 2.59 bits per heavy atom. The minimum atomic E-state index is -3.90. The predicted octanol–water partition coefficient (Wildman–Crippen LogP) is 2.36. The highest BCUT2D eigenvalue weighted by Gasteiger charge is 2.22. The molecule has 9 nitrogen and oxygen atoms in total. The number of nitrogens with zero attached hydrogens (tertiary/aromatic N) is 2. The van der Waals surface area contributed by atoms with Crippen LogP contribution in [0.4, 0.5) is 5.69 Å². The molecule has 29 heavy (non-hydrogen) atoms. The molecule has 1 amide bonds. The van der Waals surface area contributed by atoms with Crippen LogP contribution in [-0.2, 0) is 21.4 Å². The summed E-state index contributed by atoms with van der Waals surface area (Å²) in [7, 11) is -0.866. The Morgan fingerprint density at radius 2 is 1.97 bits per heavy atom. The summed E-state index contributed by atoms with van der Waals surface area (Å²) in [4.78, 5) is 22.6. The molecule has 154 valence electrons. The number of carbonyl (C=O) groups excluding carboxylic acids is 1. The zero-order valence-corrected chi connectivity index (χ0v) is 17.9. The number of nitrogens with two attached hydrogens (primary N) is 1. The van der Waals surface area contributed by atoms with Crippen LogP contribution in [-0.4, -0.2) is 38.5 Å². The van der Waals surface area contributed by atoms with Crippen molar-refractivity contribution in [1.29, 1.82) is 0 Å². The van der Waals surface area contributed by atoms with Gasteiger partial charge in [0.25, 0.3) is 5.91 Å². The number of sulfonamides is 1. The third-order valence-corrected chi connectivity index (χ3v) is 6.47. The summed E-state index contributed by atoms with van der Waals surface area (Å²) in [6.07, 6.45) is 0. The highest BCUT2D eigenvalue weighted by atomic mass is 32.2. The average molecular weight is 437 g/mol. The number of benzene rings is 1. The van der Waals surface area contributed by atoms with Crippen molar-refractivity contribution in [2.75, 3.05) is 19.5 Å². The van der Waals surface area contributed by atoms with Crippen LogP contribution in [0, 0.1) is 13.8 Å². The van der Waals surface area contributed by atoms with E-state index in [1.54, 1.807) is 26.0 Å². The predicted molar refractivity (Wildman–Crippen MR) is 110 cm³/mol. The second-order valence-electron chi connectivity index (χ2n) is 6.30. The topological polar surface area (TPSA) is 134 Å². The van der Waals surface area contributed by atoms with Crippen LogP contribution in [0.3, 0.4) is 0 Å². The van der Waals surface area contributed by atoms with Gasteiger partial charge in [0.05, 0.1) is 22.3 Å². The Bertz CT molecular complexity index is 1200. The molecule has 1 aromatic carbocycles. The molecule has 0 aliphatic carbocycles. The van der Waals surface area contributed by atoms with E-state index < -0.39 is 15.9 Å². The second-order valence-corrected chi connectivity index (χ2v) is 8.83. The van der Waals surface area contributed by atoms with Crippen molar-refractivity contribution < 1.29 is 22.7 Å². The summed E-state index contributed by atoms with van der Waals surface area (Å²) in [6, 6.07) is 4.53. The van der Waals surface area contributed by atoms with Gasteiger partial charge < -0.3 is 14.8 Å². The number of thiophene rings is 1. The number of fused-ring (bicyclic) bond motifs is 1. The number of nitrogens with one attached hydrogen (secondary N) is 1. The Labute approximate surface area is 171 Å². The molecule has 0 saturated carbocycles. The standard InChI is InChI=1S/C18H20N4O5S2/c1-9-5-6-11(7-12(9)29(19,24)25)20-16(23)15-10(2)14-17(27-4)21-13(8-26-3)22-18(14)28-15/h5-7H,8H2,1-4H3,(H,20,23)(H2,19,24,25). The number of methoxy groups -OCH3 is 2. The Balaban J connectivity index is 2.01. The maximum absolute atomic E-state index is 12.9. The van der Waals surface area contributed by atoms with Gasteiger partial charge in [0.2, 0.25) is 15.9 Å². The van der Waals surface area contributed by atoms with Gasteiger partial charge in [-0.25, -0.2) is 18.5 Å². The van der Waals surface area contributed by atoms with E-state index in [4.69, 9.17) is 14.6 Å². The minimum absolute atomic E-state index is 0.0416. The third-order valence-electron chi connectivity index (χ3n) is 4.23. The molecule has 3 N–H and O–H groups in total. The Kier molecular flexibility index (Phi) is 5.85. The smallest absolute Gasteiger partial charge is 0.266 e. The van der Waals surface area contributed by atoms with E-state index in [0.717, 1.165) is 0 Å². The van der Waals surface area contributed by atoms with Crippen molar-refractivity contribution in [3.63, 3.8) is 0 Å². The van der Waals surface area contributed by atoms with Crippen LogP contribution >= 0.6 is 11.3 Å². The van der Waals surface area contributed by atoms with E-state index in [2.05, 4.69) is 15.3 Å². The van der Waals surface area contributed by atoms with E-state index in [1.807, 2.05) is 0 Å². The van der Waals surface area contributed by atoms with E-state index in [0.29, 0.717) is 43.6 Å². The molecule has 0 saturated heterocycles. The van der Waals surface area contributed by atoms with E-state index in [-0.39, 0.29) is 11.5 Å². The Morgan fingerprint density at radius 1 is 1.24 bits per heavy atom. The van der Waals surface area contributed by atoms with Crippen molar-refractivity contribution >= 4 is 43.2 Å². The van der Waals surface area contributed by atoms with E-state index in [9.17, 15) is 13.2 Å². The number of primary sulfonamides is 1. The minimum Gasteiger partial charge on any atom is -0.480 e. The molecule has 3 rings (SSSR count). The lowest BCUT2D eigenvalue weighted by Crippen LogP contribution is -2.16. The highest BCUT2D eigenvalue weighted by Crippen LogP contribution is 2.35. The highest BCUT2D eigenvalue weighted by molar-refractivity contribution is 7.89. The van der Waals surface area contributed by atoms with Gasteiger partial charge in [-0.3, -0.25) is 4.79 Å². The molecule has 0 aliphatic heterocycles. The van der Waals surface area contributed by atoms with E-state index in [1.165, 1.54) is 31.6 Å². The van der Waals surface area contributed by atoms with Crippen molar-refractivity contribution in [2.45, 2.75) is 25.3 Å². The van der Waals surface area contributed by atoms with Crippen LogP contribution in [0.25, 0.3) is 10.2 Å². The van der Waals surface area contributed by atoms with Crippen LogP contribution in [0.5, 0.6) is 5.88 Å². The number of rotatable bonds is 6. The maximum atomic E-state index is 12.9. The molecule has 3 aromatic rings. The first-order valence-electron chi connectivity index (χ1n) is 8.43.